The zero-order chi connectivity index (χ0) is 14.4. The summed E-state index contributed by atoms with van der Waals surface area (Å²) in [6.07, 6.45) is 3.48. The first-order valence-electron chi connectivity index (χ1n) is 7.41. The van der Waals surface area contributed by atoms with E-state index in [1.807, 2.05) is 36.1 Å². The molecule has 20 heavy (non-hydrogen) atoms. The minimum atomic E-state index is -0.161. The Bertz CT molecular complexity index is 442. The average Bonchev–Trinajstić information content (AvgIpc) is 2.53. The Kier molecular flexibility index (Phi) is 5.56. The number of hydrogen-bond acceptors (Lipinski definition) is 3. The molecule has 2 N–H and O–H groups in total. The molecular formula is C16H24N2O2. The highest BCUT2D eigenvalue weighted by atomic mass is 16.3. The van der Waals surface area contributed by atoms with Crippen molar-refractivity contribution in [3.8, 4) is 0 Å². The Morgan fingerprint density at radius 3 is 2.70 bits per heavy atom. The van der Waals surface area contributed by atoms with Crippen LogP contribution in [0.15, 0.2) is 24.3 Å². The van der Waals surface area contributed by atoms with Gasteiger partial charge in [0.25, 0.3) is 0 Å². The topological polar surface area (TPSA) is 52.6 Å². The van der Waals surface area contributed by atoms with Crippen LogP contribution < -0.4 is 5.32 Å². The molecule has 1 atom stereocenters. The van der Waals surface area contributed by atoms with Gasteiger partial charge >= 0.3 is 0 Å². The van der Waals surface area contributed by atoms with Crippen LogP contribution in [0.3, 0.4) is 0 Å². The van der Waals surface area contributed by atoms with Crippen LogP contribution in [0.4, 0.5) is 0 Å². The lowest BCUT2D eigenvalue weighted by atomic mass is 10.1. The largest absolute Gasteiger partial charge is 0.392 e. The lowest BCUT2D eigenvalue weighted by molar-refractivity contribution is -0.133. The van der Waals surface area contributed by atoms with Gasteiger partial charge in [0.15, 0.2) is 0 Å². The fourth-order valence-corrected chi connectivity index (χ4v) is 2.58. The number of hydrogen-bond donors (Lipinski definition) is 2. The van der Waals surface area contributed by atoms with Gasteiger partial charge in [-0.1, -0.05) is 24.3 Å². The van der Waals surface area contributed by atoms with Crippen molar-refractivity contribution in [3.05, 3.63) is 35.4 Å². The first-order valence-corrected chi connectivity index (χ1v) is 7.41. The van der Waals surface area contributed by atoms with Crippen LogP contribution in [0.1, 0.15) is 37.3 Å². The fourth-order valence-electron chi connectivity index (χ4n) is 2.58. The maximum absolute atomic E-state index is 12.3. The van der Waals surface area contributed by atoms with Crippen LogP contribution in [0.25, 0.3) is 0 Å². The van der Waals surface area contributed by atoms with Crippen molar-refractivity contribution in [2.75, 3.05) is 13.1 Å². The van der Waals surface area contributed by atoms with Gasteiger partial charge in [-0.05, 0) is 37.3 Å². The monoisotopic (exact) mass is 276 g/mol. The van der Waals surface area contributed by atoms with Gasteiger partial charge in [0.05, 0.1) is 12.6 Å². The van der Waals surface area contributed by atoms with E-state index in [-0.39, 0.29) is 18.6 Å². The van der Waals surface area contributed by atoms with E-state index in [2.05, 4.69) is 5.32 Å². The molecule has 4 nitrogen and oxygen atoms in total. The molecule has 4 heteroatoms. The van der Waals surface area contributed by atoms with Gasteiger partial charge in [0, 0.05) is 19.6 Å². The number of likely N-dealkylation sites (tertiary alicyclic amines) is 1. The normalized spacial score (nSPS) is 17.0. The van der Waals surface area contributed by atoms with E-state index in [4.69, 9.17) is 5.11 Å². The number of aliphatic hydroxyl groups is 1. The molecule has 0 radical (unpaired) electrons. The second-order valence-corrected chi connectivity index (χ2v) is 5.47. The molecule has 1 aliphatic rings. The van der Waals surface area contributed by atoms with Gasteiger partial charge < -0.3 is 15.3 Å². The standard InChI is InChI=1S/C16H24N2O2/c1-13(16(20)18-8-3-2-4-9-18)17-11-14-6-5-7-15(10-14)12-19/h5-7,10,13,17,19H,2-4,8-9,11-12H2,1H3. The van der Waals surface area contributed by atoms with Crippen molar-refractivity contribution in [2.24, 2.45) is 0 Å². The number of nitrogens with one attached hydrogen (secondary N) is 1. The molecule has 0 aliphatic carbocycles. The molecule has 1 aromatic carbocycles. The summed E-state index contributed by atoms with van der Waals surface area (Å²) in [7, 11) is 0. The van der Waals surface area contributed by atoms with E-state index in [0.29, 0.717) is 6.54 Å². The lowest BCUT2D eigenvalue weighted by Gasteiger charge is -2.29. The average molecular weight is 276 g/mol. The number of rotatable bonds is 5. The van der Waals surface area contributed by atoms with Gasteiger partial charge in [0.2, 0.25) is 5.91 Å². The molecule has 0 spiro atoms. The summed E-state index contributed by atoms with van der Waals surface area (Å²) in [5.41, 5.74) is 1.99. The van der Waals surface area contributed by atoms with Crippen molar-refractivity contribution < 1.29 is 9.90 Å². The third-order valence-electron chi connectivity index (χ3n) is 3.82. The third-order valence-corrected chi connectivity index (χ3v) is 3.82. The smallest absolute Gasteiger partial charge is 0.239 e. The second kappa shape index (κ2) is 7.41. The highest BCUT2D eigenvalue weighted by molar-refractivity contribution is 5.81. The minimum absolute atomic E-state index is 0.0517. The molecule has 0 aromatic heterocycles. The molecule has 1 fully saturated rings. The summed E-state index contributed by atoms with van der Waals surface area (Å²) in [4.78, 5) is 14.2. The van der Waals surface area contributed by atoms with Crippen LogP contribution in [-0.4, -0.2) is 35.0 Å². The number of piperidine rings is 1. The van der Waals surface area contributed by atoms with Crippen molar-refractivity contribution >= 4 is 5.91 Å². The van der Waals surface area contributed by atoms with Gasteiger partial charge in [-0.25, -0.2) is 0 Å². The van der Waals surface area contributed by atoms with Crippen LogP contribution in [-0.2, 0) is 17.9 Å². The highest BCUT2D eigenvalue weighted by Gasteiger charge is 2.21. The molecule has 1 heterocycles. The van der Waals surface area contributed by atoms with E-state index >= 15 is 0 Å². The van der Waals surface area contributed by atoms with Crippen molar-refractivity contribution in [1.82, 2.24) is 10.2 Å². The van der Waals surface area contributed by atoms with Gasteiger partial charge in [0.1, 0.15) is 0 Å². The number of carbonyl (C=O) groups is 1. The third kappa shape index (κ3) is 4.05. The summed E-state index contributed by atoms with van der Waals surface area (Å²) >= 11 is 0. The van der Waals surface area contributed by atoms with Gasteiger partial charge in [-0.15, -0.1) is 0 Å². The van der Waals surface area contributed by atoms with E-state index in [0.717, 1.165) is 37.1 Å². The molecule has 2 rings (SSSR count). The van der Waals surface area contributed by atoms with Gasteiger partial charge in [-0.2, -0.15) is 0 Å². The molecule has 1 aliphatic heterocycles. The Balaban J connectivity index is 1.84. The van der Waals surface area contributed by atoms with E-state index in [9.17, 15) is 4.79 Å². The van der Waals surface area contributed by atoms with E-state index in [1.165, 1.54) is 6.42 Å². The van der Waals surface area contributed by atoms with Gasteiger partial charge in [-0.3, -0.25) is 4.79 Å². The summed E-state index contributed by atoms with van der Waals surface area (Å²) in [5.74, 6) is 0.197. The minimum Gasteiger partial charge on any atom is -0.392 e. The van der Waals surface area contributed by atoms with Crippen LogP contribution in [0.5, 0.6) is 0 Å². The second-order valence-electron chi connectivity index (χ2n) is 5.47. The fraction of sp³-hybridized carbons (Fsp3) is 0.562. The maximum Gasteiger partial charge on any atom is 0.239 e. The number of benzene rings is 1. The summed E-state index contributed by atoms with van der Waals surface area (Å²) < 4.78 is 0. The Labute approximate surface area is 120 Å². The van der Waals surface area contributed by atoms with E-state index in [1.54, 1.807) is 0 Å². The van der Waals surface area contributed by atoms with Crippen LogP contribution in [0.2, 0.25) is 0 Å². The zero-order valence-electron chi connectivity index (χ0n) is 12.1. The Morgan fingerprint density at radius 1 is 1.30 bits per heavy atom. The summed E-state index contributed by atoms with van der Waals surface area (Å²) in [6.45, 7) is 4.41. The molecule has 110 valence electrons. The predicted octanol–water partition coefficient (Wildman–Crippen LogP) is 1.67. The summed E-state index contributed by atoms with van der Waals surface area (Å²) in [5, 5.41) is 12.4. The Morgan fingerprint density at radius 2 is 2.00 bits per heavy atom. The number of nitrogens with zero attached hydrogens (tertiary/aromatic N) is 1. The molecule has 0 saturated carbocycles. The number of amides is 1. The lowest BCUT2D eigenvalue weighted by Crippen LogP contribution is -2.46. The van der Waals surface area contributed by atoms with Crippen LogP contribution in [0, 0.1) is 0 Å². The number of aliphatic hydroxyl groups excluding tert-OH is 1. The predicted molar refractivity (Wildman–Crippen MR) is 79.1 cm³/mol. The first-order chi connectivity index (χ1) is 9.70. The maximum atomic E-state index is 12.3. The highest BCUT2D eigenvalue weighted by Crippen LogP contribution is 2.10. The van der Waals surface area contributed by atoms with Crippen molar-refractivity contribution in [2.45, 2.75) is 45.4 Å². The van der Waals surface area contributed by atoms with E-state index < -0.39 is 0 Å². The van der Waals surface area contributed by atoms with Crippen LogP contribution >= 0.6 is 0 Å². The molecule has 1 saturated heterocycles. The molecule has 1 aromatic rings. The quantitative estimate of drug-likeness (QED) is 0.860. The molecular weight excluding hydrogens is 252 g/mol. The molecule has 0 bridgehead atoms. The SMILES string of the molecule is CC(NCc1cccc(CO)c1)C(=O)N1CCCCC1. The summed E-state index contributed by atoms with van der Waals surface area (Å²) in [6, 6.07) is 7.63. The molecule has 1 amide bonds. The Hall–Kier alpha value is -1.39. The zero-order valence-corrected chi connectivity index (χ0v) is 12.1. The van der Waals surface area contributed by atoms with Crippen molar-refractivity contribution in [1.29, 1.82) is 0 Å². The molecule has 1 unspecified atom stereocenters. The van der Waals surface area contributed by atoms with Crippen molar-refractivity contribution in [3.63, 3.8) is 0 Å². The first kappa shape index (κ1) is 15.0. The number of carbonyl (C=O) groups excluding carboxylic acids is 1.